The maximum Gasteiger partial charge on any atom is 0.410 e. The Morgan fingerprint density at radius 1 is 1.12 bits per heavy atom. The fourth-order valence-corrected chi connectivity index (χ4v) is 3.16. The van der Waals surface area contributed by atoms with Crippen LogP contribution in [-0.2, 0) is 11.3 Å². The Labute approximate surface area is 146 Å². The van der Waals surface area contributed by atoms with Crippen LogP contribution in [0, 0.1) is 0 Å². The van der Waals surface area contributed by atoms with Gasteiger partial charge in [-0.1, -0.05) is 42.5 Å². The van der Waals surface area contributed by atoms with Crippen LogP contribution >= 0.6 is 0 Å². The van der Waals surface area contributed by atoms with Gasteiger partial charge in [0.15, 0.2) is 0 Å². The standard InChI is InChI=1S/C21H20N2O2/c24-21(25-15-16-4-2-1-3-5-16)23-12-9-17(10-13-23)18-6-7-20-19(14-18)8-11-22-20/h1-9,11,14,22H,10,12-13,15H2. The minimum atomic E-state index is -0.250. The Kier molecular flexibility index (Phi) is 4.25. The molecule has 3 aromatic rings. The van der Waals surface area contributed by atoms with Crippen molar-refractivity contribution in [3.63, 3.8) is 0 Å². The first-order valence-corrected chi connectivity index (χ1v) is 8.52. The van der Waals surface area contributed by atoms with E-state index >= 15 is 0 Å². The van der Waals surface area contributed by atoms with E-state index in [0.717, 1.165) is 17.5 Å². The summed E-state index contributed by atoms with van der Waals surface area (Å²) in [5.74, 6) is 0. The summed E-state index contributed by atoms with van der Waals surface area (Å²) in [4.78, 5) is 17.2. The van der Waals surface area contributed by atoms with E-state index in [1.165, 1.54) is 16.5 Å². The van der Waals surface area contributed by atoms with Crippen molar-refractivity contribution in [1.82, 2.24) is 9.88 Å². The Balaban J connectivity index is 1.38. The van der Waals surface area contributed by atoms with E-state index in [0.29, 0.717) is 19.7 Å². The van der Waals surface area contributed by atoms with Crippen LogP contribution in [0.1, 0.15) is 17.5 Å². The number of hydrogen-bond acceptors (Lipinski definition) is 2. The second-order valence-corrected chi connectivity index (χ2v) is 6.25. The van der Waals surface area contributed by atoms with Gasteiger partial charge in [-0.25, -0.2) is 4.79 Å². The van der Waals surface area contributed by atoms with Gasteiger partial charge in [0.1, 0.15) is 6.61 Å². The molecule has 0 aliphatic carbocycles. The van der Waals surface area contributed by atoms with Crippen LogP contribution in [0.5, 0.6) is 0 Å². The molecule has 0 saturated heterocycles. The fraction of sp³-hybridized carbons (Fsp3) is 0.190. The van der Waals surface area contributed by atoms with Crippen molar-refractivity contribution in [1.29, 1.82) is 0 Å². The molecule has 4 nitrogen and oxygen atoms in total. The summed E-state index contributed by atoms with van der Waals surface area (Å²) < 4.78 is 5.41. The highest BCUT2D eigenvalue weighted by molar-refractivity contribution is 5.84. The number of aromatic nitrogens is 1. The number of nitrogens with zero attached hydrogens (tertiary/aromatic N) is 1. The van der Waals surface area contributed by atoms with Crippen LogP contribution in [0.25, 0.3) is 16.5 Å². The fourth-order valence-electron chi connectivity index (χ4n) is 3.16. The lowest BCUT2D eigenvalue weighted by Crippen LogP contribution is -2.35. The lowest BCUT2D eigenvalue weighted by molar-refractivity contribution is 0.0998. The third kappa shape index (κ3) is 3.43. The van der Waals surface area contributed by atoms with Crippen molar-refractivity contribution in [3.05, 3.63) is 78.0 Å². The van der Waals surface area contributed by atoms with Crippen molar-refractivity contribution < 1.29 is 9.53 Å². The van der Waals surface area contributed by atoms with Gasteiger partial charge in [-0.3, -0.25) is 0 Å². The molecule has 0 radical (unpaired) electrons. The first-order chi connectivity index (χ1) is 12.3. The molecule has 25 heavy (non-hydrogen) atoms. The molecule has 4 heteroatoms. The summed E-state index contributed by atoms with van der Waals surface area (Å²) in [6.07, 6.45) is 4.67. The number of aromatic amines is 1. The predicted molar refractivity (Wildman–Crippen MR) is 99.1 cm³/mol. The maximum absolute atomic E-state index is 12.2. The van der Waals surface area contributed by atoms with Gasteiger partial charge in [0.25, 0.3) is 0 Å². The van der Waals surface area contributed by atoms with Gasteiger partial charge in [-0.05, 0) is 46.7 Å². The van der Waals surface area contributed by atoms with E-state index in [4.69, 9.17) is 4.74 Å². The van der Waals surface area contributed by atoms with E-state index in [1.807, 2.05) is 36.5 Å². The number of ether oxygens (including phenoxy) is 1. The van der Waals surface area contributed by atoms with Crippen LogP contribution in [0.3, 0.4) is 0 Å². The smallest absolute Gasteiger partial charge is 0.410 e. The molecule has 0 spiro atoms. The highest BCUT2D eigenvalue weighted by atomic mass is 16.6. The number of H-pyrrole nitrogens is 1. The van der Waals surface area contributed by atoms with Gasteiger partial charge < -0.3 is 14.6 Å². The number of fused-ring (bicyclic) bond motifs is 1. The van der Waals surface area contributed by atoms with Gasteiger partial charge in [0.05, 0.1) is 0 Å². The van der Waals surface area contributed by atoms with E-state index in [-0.39, 0.29) is 6.09 Å². The van der Waals surface area contributed by atoms with Crippen LogP contribution in [-0.4, -0.2) is 29.1 Å². The molecule has 0 fully saturated rings. The minimum Gasteiger partial charge on any atom is -0.445 e. The average molecular weight is 332 g/mol. The van der Waals surface area contributed by atoms with Gasteiger partial charge in [0, 0.05) is 24.8 Å². The highest BCUT2D eigenvalue weighted by Crippen LogP contribution is 2.25. The molecule has 2 heterocycles. The summed E-state index contributed by atoms with van der Waals surface area (Å²) in [6, 6.07) is 18.3. The highest BCUT2D eigenvalue weighted by Gasteiger charge is 2.19. The number of carbonyl (C=O) groups is 1. The average Bonchev–Trinajstić information content (AvgIpc) is 3.15. The quantitative estimate of drug-likeness (QED) is 0.762. The van der Waals surface area contributed by atoms with E-state index in [9.17, 15) is 4.79 Å². The van der Waals surface area contributed by atoms with E-state index in [2.05, 4.69) is 35.3 Å². The molecule has 1 amide bonds. The predicted octanol–water partition coefficient (Wildman–Crippen LogP) is 4.59. The van der Waals surface area contributed by atoms with Gasteiger partial charge >= 0.3 is 6.09 Å². The Morgan fingerprint density at radius 2 is 2.00 bits per heavy atom. The SMILES string of the molecule is O=C(OCc1ccccc1)N1CC=C(c2ccc3[nH]ccc3c2)CC1. The van der Waals surface area contributed by atoms with Gasteiger partial charge in [-0.15, -0.1) is 0 Å². The largest absolute Gasteiger partial charge is 0.445 e. The van der Waals surface area contributed by atoms with Crippen molar-refractivity contribution in [3.8, 4) is 0 Å². The van der Waals surface area contributed by atoms with Crippen LogP contribution < -0.4 is 0 Å². The van der Waals surface area contributed by atoms with E-state index < -0.39 is 0 Å². The zero-order chi connectivity index (χ0) is 17.1. The summed E-state index contributed by atoms with van der Waals surface area (Å²) in [6.45, 7) is 1.59. The maximum atomic E-state index is 12.2. The van der Waals surface area contributed by atoms with Crippen molar-refractivity contribution in [2.24, 2.45) is 0 Å². The third-order valence-corrected chi connectivity index (χ3v) is 4.60. The molecule has 4 rings (SSSR count). The molecular weight excluding hydrogens is 312 g/mol. The number of nitrogens with one attached hydrogen (secondary N) is 1. The molecular formula is C21H20N2O2. The number of rotatable bonds is 3. The molecule has 0 saturated carbocycles. The summed E-state index contributed by atoms with van der Waals surface area (Å²) in [5, 5.41) is 1.21. The third-order valence-electron chi connectivity index (χ3n) is 4.60. The van der Waals surface area contributed by atoms with Crippen molar-refractivity contribution in [2.45, 2.75) is 13.0 Å². The number of benzene rings is 2. The molecule has 2 aromatic carbocycles. The normalized spacial score (nSPS) is 14.4. The van der Waals surface area contributed by atoms with Crippen molar-refractivity contribution in [2.75, 3.05) is 13.1 Å². The lowest BCUT2D eigenvalue weighted by atomic mass is 9.98. The number of carbonyl (C=O) groups excluding carboxylic acids is 1. The van der Waals surface area contributed by atoms with Gasteiger partial charge in [-0.2, -0.15) is 0 Å². The second kappa shape index (κ2) is 6.85. The summed E-state index contributed by atoms with van der Waals surface area (Å²) in [5.41, 5.74) is 4.66. The monoisotopic (exact) mass is 332 g/mol. The summed E-state index contributed by atoms with van der Waals surface area (Å²) >= 11 is 0. The molecule has 1 aromatic heterocycles. The number of hydrogen-bond donors (Lipinski definition) is 1. The topological polar surface area (TPSA) is 45.3 Å². The van der Waals surface area contributed by atoms with Crippen LogP contribution in [0.2, 0.25) is 0 Å². The molecule has 0 unspecified atom stereocenters. The molecule has 1 aliphatic rings. The second-order valence-electron chi connectivity index (χ2n) is 6.25. The molecule has 0 atom stereocenters. The minimum absolute atomic E-state index is 0.250. The number of amides is 1. The summed E-state index contributed by atoms with van der Waals surface area (Å²) in [7, 11) is 0. The first kappa shape index (κ1) is 15.5. The zero-order valence-corrected chi connectivity index (χ0v) is 13.9. The zero-order valence-electron chi connectivity index (χ0n) is 13.9. The first-order valence-electron chi connectivity index (χ1n) is 8.52. The van der Waals surface area contributed by atoms with Gasteiger partial charge in [0.2, 0.25) is 0 Å². The molecule has 1 N–H and O–H groups in total. The Morgan fingerprint density at radius 3 is 2.80 bits per heavy atom. The molecule has 126 valence electrons. The van der Waals surface area contributed by atoms with Crippen molar-refractivity contribution >= 4 is 22.6 Å². The van der Waals surface area contributed by atoms with E-state index in [1.54, 1.807) is 4.90 Å². The van der Waals surface area contributed by atoms with Crippen LogP contribution in [0.15, 0.2) is 66.9 Å². The lowest BCUT2D eigenvalue weighted by Gasteiger charge is -2.26. The Bertz CT molecular complexity index is 912. The molecule has 0 bridgehead atoms. The molecule has 1 aliphatic heterocycles. The van der Waals surface area contributed by atoms with Crippen LogP contribution in [0.4, 0.5) is 4.79 Å². The Hall–Kier alpha value is -3.01.